The lowest BCUT2D eigenvalue weighted by molar-refractivity contribution is 0.586. The van der Waals surface area contributed by atoms with Crippen LogP contribution in [0.15, 0.2) is 29.6 Å². The van der Waals surface area contributed by atoms with Crippen molar-refractivity contribution >= 4 is 11.3 Å². The van der Waals surface area contributed by atoms with Crippen LogP contribution in [0.4, 0.5) is 4.39 Å². The second-order valence-electron chi connectivity index (χ2n) is 4.20. The molecule has 0 aliphatic heterocycles. The molecular formula is C13H15FN2S. The SMILES string of the molecule is CC(CN)Cc1csc(-c2cccc(F)c2)n1. The minimum absolute atomic E-state index is 0.227. The minimum Gasteiger partial charge on any atom is -0.330 e. The number of hydrogen-bond acceptors (Lipinski definition) is 3. The topological polar surface area (TPSA) is 38.9 Å². The van der Waals surface area contributed by atoms with Crippen molar-refractivity contribution in [3.63, 3.8) is 0 Å². The van der Waals surface area contributed by atoms with Gasteiger partial charge in [0.05, 0.1) is 5.69 Å². The van der Waals surface area contributed by atoms with Gasteiger partial charge in [0.2, 0.25) is 0 Å². The van der Waals surface area contributed by atoms with Crippen LogP contribution < -0.4 is 5.73 Å². The summed E-state index contributed by atoms with van der Waals surface area (Å²) in [4.78, 5) is 4.51. The molecule has 0 spiro atoms. The second kappa shape index (κ2) is 5.38. The summed E-state index contributed by atoms with van der Waals surface area (Å²) in [7, 11) is 0. The molecular weight excluding hydrogens is 235 g/mol. The quantitative estimate of drug-likeness (QED) is 0.905. The molecule has 0 aliphatic carbocycles. The van der Waals surface area contributed by atoms with Crippen LogP contribution in [0.2, 0.25) is 0 Å². The molecule has 2 aromatic rings. The Bertz CT molecular complexity index is 496. The molecule has 0 saturated heterocycles. The van der Waals surface area contributed by atoms with Gasteiger partial charge >= 0.3 is 0 Å². The average molecular weight is 250 g/mol. The van der Waals surface area contributed by atoms with Crippen molar-refractivity contribution in [3.8, 4) is 10.6 Å². The molecule has 0 bridgehead atoms. The van der Waals surface area contributed by atoms with Crippen molar-refractivity contribution in [2.75, 3.05) is 6.54 Å². The largest absolute Gasteiger partial charge is 0.330 e. The molecule has 1 atom stereocenters. The average Bonchev–Trinajstić information content (AvgIpc) is 2.77. The van der Waals surface area contributed by atoms with E-state index >= 15 is 0 Å². The van der Waals surface area contributed by atoms with Crippen LogP contribution in [0.3, 0.4) is 0 Å². The number of rotatable bonds is 4. The highest BCUT2D eigenvalue weighted by Gasteiger charge is 2.08. The molecule has 0 amide bonds. The third kappa shape index (κ3) is 3.11. The highest BCUT2D eigenvalue weighted by Crippen LogP contribution is 2.25. The zero-order chi connectivity index (χ0) is 12.3. The van der Waals surface area contributed by atoms with Gasteiger partial charge in [0.25, 0.3) is 0 Å². The van der Waals surface area contributed by atoms with E-state index in [1.54, 1.807) is 17.4 Å². The fraction of sp³-hybridized carbons (Fsp3) is 0.308. The van der Waals surface area contributed by atoms with Crippen LogP contribution in [0.5, 0.6) is 0 Å². The molecule has 17 heavy (non-hydrogen) atoms. The van der Waals surface area contributed by atoms with Crippen molar-refractivity contribution in [1.82, 2.24) is 4.98 Å². The van der Waals surface area contributed by atoms with Gasteiger partial charge in [-0.2, -0.15) is 0 Å². The number of thiazole rings is 1. The molecule has 2 N–H and O–H groups in total. The smallest absolute Gasteiger partial charge is 0.123 e. The third-order valence-electron chi connectivity index (χ3n) is 2.58. The summed E-state index contributed by atoms with van der Waals surface area (Å²) in [5, 5.41) is 2.88. The van der Waals surface area contributed by atoms with Gasteiger partial charge in [-0.3, -0.25) is 0 Å². The van der Waals surface area contributed by atoms with Crippen LogP contribution in [-0.2, 0) is 6.42 Å². The Morgan fingerprint density at radius 3 is 3.00 bits per heavy atom. The Morgan fingerprint density at radius 1 is 1.47 bits per heavy atom. The molecule has 1 aromatic heterocycles. The van der Waals surface area contributed by atoms with E-state index in [-0.39, 0.29) is 5.82 Å². The van der Waals surface area contributed by atoms with Crippen molar-refractivity contribution in [2.24, 2.45) is 11.7 Å². The van der Waals surface area contributed by atoms with Crippen molar-refractivity contribution < 1.29 is 4.39 Å². The number of nitrogens with zero attached hydrogens (tertiary/aromatic N) is 1. The van der Waals surface area contributed by atoms with Gasteiger partial charge in [0.1, 0.15) is 10.8 Å². The fourth-order valence-corrected chi connectivity index (χ4v) is 2.42. The van der Waals surface area contributed by atoms with Gasteiger partial charge in [0, 0.05) is 10.9 Å². The van der Waals surface area contributed by atoms with Gasteiger partial charge in [0.15, 0.2) is 0 Å². The van der Waals surface area contributed by atoms with Crippen LogP contribution in [0, 0.1) is 11.7 Å². The van der Waals surface area contributed by atoms with Crippen LogP contribution in [-0.4, -0.2) is 11.5 Å². The molecule has 0 fully saturated rings. The maximum absolute atomic E-state index is 13.1. The van der Waals surface area contributed by atoms with Gasteiger partial charge < -0.3 is 5.73 Å². The molecule has 0 radical (unpaired) electrons. The fourth-order valence-electron chi connectivity index (χ4n) is 1.60. The minimum atomic E-state index is -0.227. The van der Waals surface area contributed by atoms with Gasteiger partial charge in [-0.15, -0.1) is 11.3 Å². The van der Waals surface area contributed by atoms with Crippen LogP contribution in [0.25, 0.3) is 10.6 Å². The first-order valence-corrected chi connectivity index (χ1v) is 6.47. The Hall–Kier alpha value is -1.26. The normalized spacial score (nSPS) is 12.6. The van der Waals surface area contributed by atoms with Gasteiger partial charge in [-0.25, -0.2) is 9.37 Å². The standard InChI is InChI=1S/C13H15FN2S/c1-9(7-15)5-12-8-17-13(16-12)10-3-2-4-11(14)6-10/h2-4,6,8-9H,5,7,15H2,1H3. The number of benzene rings is 1. The Kier molecular flexibility index (Phi) is 3.86. The van der Waals surface area contributed by atoms with E-state index in [0.717, 1.165) is 22.7 Å². The molecule has 1 aromatic carbocycles. The first kappa shape index (κ1) is 12.2. The van der Waals surface area contributed by atoms with E-state index in [2.05, 4.69) is 11.9 Å². The molecule has 1 heterocycles. The molecule has 90 valence electrons. The lowest BCUT2D eigenvalue weighted by Gasteiger charge is -2.04. The monoisotopic (exact) mass is 250 g/mol. The van der Waals surface area contributed by atoms with E-state index in [9.17, 15) is 4.39 Å². The third-order valence-corrected chi connectivity index (χ3v) is 3.52. The molecule has 0 aliphatic rings. The van der Waals surface area contributed by atoms with Crippen molar-refractivity contribution in [2.45, 2.75) is 13.3 Å². The summed E-state index contributed by atoms with van der Waals surface area (Å²) in [6.07, 6.45) is 0.877. The first-order chi connectivity index (χ1) is 8.19. The summed E-state index contributed by atoms with van der Waals surface area (Å²) in [6.45, 7) is 2.76. The van der Waals surface area contributed by atoms with E-state index in [4.69, 9.17) is 5.73 Å². The van der Waals surface area contributed by atoms with Crippen LogP contribution >= 0.6 is 11.3 Å². The lowest BCUT2D eigenvalue weighted by atomic mass is 10.1. The summed E-state index contributed by atoms with van der Waals surface area (Å²) in [5.74, 6) is 0.201. The highest BCUT2D eigenvalue weighted by molar-refractivity contribution is 7.13. The zero-order valence-corrected chi connectivity index (χ0v) is 10.5. The zero-order valence-electron chi connectivity index (χ0n) is 9.69. The predicted molar refractivity (Wildman–Crippen MR) is 69.4 cm³/mol. The lowest BCUT2D eigenvalue weighted by Crippen LogP contribution is -2.13. The summed E-state index contributed by atoms with van der Waals surface area (Å²) < 4.78 is 13.1. The summed E-state index contributed by atoms with van der Waals surface area (Å²) in [6, 6.07) is 6.52. The Morgan fingerprint density at radius 2 is 2.29 bits per heavy atom. The number of hydrogen-bond donors (Lipinski definition) is 1. The number of nitrogens with two attached hydrogens (primary N) is 1. The van der Waals surface area contributed by atoms with E-state index in [0.29, 0.717) is 12.5 Å². The molecule has 0 saturated carbocycles. The number of halogens is 1. The molecule has 4 heteroatoms. The van der Waals surface area contributed by atoms with Crippen LogP contribution in [0.1, 0.15) is 12.6 Å². The Labute approximate surface area is 104 Å². The molecule has 2 nitrogen and oxygen atoms in total. The number of aromatic nitrogens is 1. The maximum atomic E-state index is 13.1. The molecule has 2 rings (SSSR count). The van der Waals surface area contributed by atoms with Crippen molar-refractivity contribution in [3.05, 3.63) is 41.2 Å². The highest BCUT2D eigenvalue weighted by atomic mass is 32.1. The molecule has 1 unspecified atom stereocenters. The van der Waals surface area contributed by atoms with E-state index in [1.165, 1.54) is 12.1 Å². The van der Waals surface area contributed by atoms with Gasteiger partial charge in [-0.1, -0.05) is 19.1 Å². The second-order valence-corrected chi connectivity index (χ2v) is 5.06. The van der Waals surface area contributed by atoms with Crippen molar-refractivity contribution in [1.29, 1.82) is 0 Å². The summed E-state index contributed by atoms with van der Waals surface area (Å²) in [5.41, 5.74) is 7.45. The maximum Gasteiger partial charge on any atom is 0.123 e. The van der Waals surface area contributed by atoms with Gasteiger partial charge in [-0.05, 0) is 31.0 Å². The van der Waals surface area contributed by atoms with E-state index < -0.39 is 0 Å². The Balaban J connectivity index is 2.18. The first-order valence-electron chi connectivity index (χ1n) is 5.59. The predicted octanol–water partition coefficient (Wildman–Crippen LogP) is 3.09. The summed E-state index contributed by atoms with van der Waals surface area (Å²) >= 11 is 1.55. The van der Waals surface area contributed by atoms with E-state index in [1.807, 2.05) is 11.4 Å².